The molecule has 0 aliphatic heterocycles. The minimum atomic E-state index is -1.27. The zero-order valence-electron chi connectivity index (χ0n) is 22.4. The first-order chi connectivity index (χ1) is 19.4. The molecule has 1 heterocycles. The molecule has 2 aromatic carbocycles. The number of hydrogen-bond donors (Lipinski definition) is 8. The minimum absolute atomic E-state index is 0.00195. The number of aromatic amines is 1. The van der Waals surface area contributed by atoms with Crippen LogP contribution in [0.25, 0.3) is 10.9 Å². The summed E-state index contributed by atoms with van der Waals surface area (Å²) in [5.41, 5.74) is 13.4. The van der Waals surface area contributed by atoms with E-state index in [0.29, 0.717) is 11.1 Å². The van der Waals surface area contributed by atoms with Crippen molar-refractivity contribution in [2.75, 3.05) is 0 Å². The monoisotopic (exact) mass is 566 g/mol. The highest BCUT2D eigenvalue weighted by Gasteiger charge is 2.29. The molecule has 0 fully saturated rings. The summed E-state index contributed by atoms with van der Waals surface area (Å²) >= 11 is 0. The molecule has 3 rings (SSSR count). The van der Waals surface area contributed by atoms with Crippen LogP contribution in [0.1, 0.15) is 30.9 Å². The van der Waals surface area contributed by atoms with E-state index in [1.807, 2.05) is 24.3 Å². The zero-order valence-corrected chi connectivity index (χ0v) is 22.4. The number of aromatic nitrogens is 1. The summed E-state index contributed by atoms with van der Waals surface area (Å²) in [5.74, 6) is -4.10. The fraction of sp³-hybridized carbons (Fsp3) is 0.321. The van der Waals surface area contributed by atoms with Crippen LogP contribution in [0.15, 0.2) is 54.7 Å². The normalized spacial score (nSPS) is 13.9. The Morgan fingerprint density at radius 2 is 1.54 bits per heavy atom. The van der Waals surface area contributed by atoms with E-state index >= 15 is 0 Å². The molecular formula is C28H34N6O7. The lowest BCUT2D eigenvalue weighted by atomic mass is 10.0. The van der Waals surface area contributed by atoms with Crippen LogP contribution < -0.4 is 27.4 Å². The third kappa shape index (κ3) is 8.80. The van der Waals surface area contributed by atoms with E-state index in [2.05, 4.69) is 20.9 Å². The van der Waals surface area contributed by atoms with Crippen molar-refractivity contribution in [2.24, 2.45) is 11.5 Å². The Morgan fingerprint density at radius 1 is 0.878 bits per heavy atom. The molecule has 0 saturated heterocycles. The Hall–Kier alpha value is -4.91. The molecule has 0 aliphatic rings. The van der Waals surface area contributed by atoms with Gasteiger partial charge < -0.3 is 42.6 Å². The Bertz CT molecular complexity index is 1400. The molecule has 4 unspecified atom stereocenters. The topological polar surface area (TPSA) is 230 Å². The lowest BCUT2D eigenvalue weighted by Crippen LogP contribution is -2.56. The minimum Gasteiger partial charge on any atom is -0.508 e. The third-order valence-corrected chi connectivity index (χ3v) is 6.51. The number of fused-ring (bicyclic) bond motifs is 1. The zero-order chi connectivity index (χ0) is 30.1. The van der Waals surface area contributed by atoms with E-state index in [1.165, 1.54) is 19.1 Å². The number of carboxylic acid groups (broad SMARTS) is 1. The van der Waals surface area contributed by atoms with E-state index in [4.69, 9.17) is 11.5 Å². The number of benzene rings is 2. The van der Waals surface area contributed by atoms with Gasteiger partial charge in [-0.3, -0.25) is 19.2 Å². The summed E-state index contributed by atoms with van der Waals surface area (Å²) in [7, 11) is 0. The second kappa shape index (κ2) is 13.9. The van der Waals surface area contributed by atoms with Crippen LogP contribution in [0.4, 0.5) is 0 Å². The number of aliphatic carboxylic acids is 1. The second-order valence-corrected chi connectivity index (χ2v) is 9.74. The second-order valence-electron chi connectivity index (χ2n) is 9.74. The molecule has 4 atom stereocenters. The molecule has 13 nitrogen and oxygen atoms in total. The highest BCUT2D eigenvalue weighted by molar-refractivity contribution is 5.94. The molecule has 0 radical (unpaired) electrons. The maximum Gasteiger partial charge on any atom is 0.326 e. The molecule has 0 bridgehead atoms. The van der Waals surface area contributed by atoms with Gasteiger partial charge >= 0.3 is 5.97 Å². The van der Waals surface area contributed by atoms with Gasteiger partial charge in [0.15, 0.2) is 0 Å². The summed E-state index contributed by atoms with van der Waals surface area (Å²) in [6.45, 7) is 1.36. The molecule has 41 heavy (non-hydrogen) atoms. The average Bonchev–Trinajstić information content (AvgIpc) is 3.34. The van der Waals surface area contributed by atoms with Gasteiger partial charge in [0.05, 0.1) is 6.04 Å². The Morgan fingerprint density at radius 3 is 2.20 bits per heavy atom. The van der Waals surface area contributed by atoms with Gasteiger partial charge in [0.1, 0.15) is 23.9 Å². The molecule has 0 spiro atoms. The van der Waals surface area contributed by atoms with E-state index in [1.54, 1.807) is 18.3 Å². The molecular weight excluding hydrogens is 532 g/mol. The van der Waals surface area contributed by atoms with Gasteiger partial charge in [-0.2, -0.15) is 0 Å². The van der Waals surface area contributed by atoms with Gasteiger partial charge in [0.2, 0.25) is 23.6 Å². The molecule has 1 aromatic heterocycles. The quantitative estimate of drug-likeness (QED) is 0.130. The largest absolute Gasteiger partial charge is 0.508 e. The number of nitrogens with two attached hydrogens (primary N) is 2. The van der Waals surface area contributed by atoms with Crippen LogP contribution in [-0.4, -0.2) is 69.0 Å². The van der Waals surface area contributed by atoms with Crippen LogP contribution in [-0.2, 0) is 36.8 Å². The number of primary amides is 1. The van der Waals surface area contributed by atoms with Crippen LogP contribution >= 0.6 is 0 Å². The van der Waals surface area contributed by atoms with Gasteiger partial charge in [-0.1, -0.05) is 30.3 Å². The fourth-order valence-electron chi connectivity index (χ4n) is 4.21. The van der Waals surface area contributed by atoms with Crippen molar-refractivity contribution >= 4 is 40.5 Å². The maximum atomic E-state index is 13.0. The Labute approximate surface area is 235 Å². The average molecular weight is 567 g/mol. The predicted molar refractivity (Wildman–Crippen MR) is 149 cm³/mol. The van der Waals surface area contributed by atoms with E-state index in [-0.39, 0.29) is 31.4 Å². The van der Waals surface area contributed by atoms with Crippen LogP contribution in [0.2, 0.25) is 0 Å². The van der Waals surface area contributed by atoms with E-state index in [9.17, 15) is 34.2 Å². The molecule has 3 aromatic rings. The Kier molecular flexibility index (Phi) is 10.4. The first kappa shape index (κ1) is 30.6. The number of phenolic OH excluding ortho intramolecular Hbond substituents is 1. The summed E-state index contributed by atoms with van der Waals surface area (Å²) < 4.78 is 0. The summed E-state index contributed by atoms with van der Waals surface area (Å²) in [4.78, 5) is 64.9. The van der Waals surface area contributed by atoms with Gasteiger partial charge in [-0.05, 0) is 49.1 Å². The number of para-hydroxylation sites is 1. The molecule has 0 saturated carbocycles. The summed E-state index contributed by atoms with van der Waals surface area (Å²) in [5, 5.41) is 27.3. The van der Waals surface area contributed by atoms with E-state index in [0.717, 1.165) is 10.9 Å². The number of nitrogens with one attached hydrogen (secondary N) is 4. The number of carbonyl (C=O) groups excluding carboxylic acids is 4. The van der Waals surface area contributed by atoms with Crippen molar-refractivity contribution < 1.29 is 34.2 Å². The van der Waals surface area contributed by atoms with Gasteiger partial charge in [0, 0.05) is 29.9 Å². The van der Waals surface area contributed by atoms with E-state index < -0.39 is 53.8 Å². The van der Waals surface area contributed by atoms with Crippen molar-refractivity contribution in [3.05, 3.63) is 65.9 Å². The summed E-state index contributed by atoms with van der Waals surface area (Å²) in [6.07, 6.45) is 1.42. The standard InChI is InChI=1S/C28H34N6O7/c1-15(25(37)34-23(28(40)41)13-17-14-31-21-5-3-2-4-19(17)21)32-27(39)22(10-11-24(30)36)33-26(38)20(29)12-16-6-8-18(35)9-7-16/h2-9,14-15,20,22-23,31,35H,10-13,29H2,1H3,(H2,30,36)(H,32,39)(H,33,38)(H,34,37)(H,40,41). The number of rotatable bonds is 14. The van der Waals surface area contributed by atoms with Crippen molar-refractivity contribution in [1.29, 1.82) is 0 Å². The molecule has 13 heteroatoms. The molecule has 4 amide bonds. The van der Waals surface area contributed by atoms with Gasteiger partial charge in [-0.25, -0.2) is 4.79 Å². The van der Waals surface area contributed by atoms with Crippen molar-refractivity contribution in [3.8, 4) is 5.75 Å². The van der Waals surface area contributed by atoms with Gasteiger partial charge in [-0.15, -0.1) is 0 Å². The highest BCUT2D eigenvalue weighted by Crippen LogP contribution is 2.19. The smallest absolute Gasteiger partial charge is 0.326 e. The number of carboxylic acids is 1. The van der Waals surface area contributed by atoms with Crippen LogP contribution in [0.3, 0.4) is 0 Å². The number of phenols is 1. The number of amides is 4. The number of carbonyl (C=O) groups is 5. The van der Waals surface area contributed by atoms with Crippen molar-refractivity contribution in [1.82, 2.24) is 20.9 Å². The maximum absolute atomic E-state index is 13.0. The lowest BCUT2D eigenvalue weighted by molar-refractivity contribution is -0.142. The molecule has 0 aliphatic carbocycles. The number of H-pyrrole nitrogens is 1. The molecule has 10 N–H and O–H groups in total. The number of hydrogen-bond acceptors (Lipinski definition) is 7. The predicted octanol–water partition coefficient (Wildman–Crippen LogP) is -0.190. The molecule has 218 valence electrons. The Balaban J connectivity index is 1.62. The third-order valence-electron chi connectivity index (χ3n) is 6.51. The number of aromatic hydroxyl groups is 1. The van der Waals surface area contributed by atoms with Crippen molar-refractivity contribution in [2.45, 2.75) is 56.8 Å². The SMILES string of the molecule is CC(NC(=O)C(CCC(N)=O)NC(=O)C(N)Cc1ccc(O)cc1)C(=O)NC(Cc1c[nH]c2ccccc12)C(=O)O. The van der Waals surface area contributed by atoms with Crippen LogP contribution in [0.5, 0.6) is 5.75 Å². The van der Waals surface area contributed by atoms with Crippen LogP contribution in [0, 0.1) is 0 Å². The van der Waals surface area contributed by atoms with Gasteiger partial charge in [0.25, 0.3) is 0 Å². The first-order valence-corrected chi connectivity index (χ1v) is 12.9. The summed E-state index contributed by atoms with van der Waals surface area (Å²) in [6, 6.07) is 8.70. The van der Waals surface area contributed by atoms with Crippen molar-refractivity contribution in [3.63, 3.8) is 0 Å². The first-order valence-electron chi connectivity index (χ1n) is 12.9. The lowest BCUT2D eigenvalue weighted by Gasteiger charge is -2.23. The highest BCUT2D eigenvalue weighted by atomic mass is 16.4. The fourth-order valence-corrected chi connectivity index (χ4v) is 4.21.